The van der Waals surface area contributed by atoms with Crippen LogP contribution in [0.2, 0.25) is 0 Å². The highest BCUT2D eigenvalue weighted by Gasteiger charge is 2.81. The first-order chi connectivity index (χ1) is 14.8. The van der Waals surface area contributed by atoms with Gasteiger partial charge in [-0.1, -0.05) is 19.4 Å². The third kappa shape index (κ3) is 2.06. The predicted molar refractivity (Wildman–Crippen MR) is 119 cm³/mol. The molecule has 5 heteroatoms. The summed E-state index contributed by atoms with van der Waals surface area (Å²) in [5.41, 5.74) is 1.66. The second kappa shape index (κ2) is 6.18. The molecule has 1 aromatic rings. The van der Waals surface area contributed by atoms with E-state index in [-0.39, 0.29) is 22.9 Å². The van der Waals surface area contributed by atoms with Crippen LogP contribution in [0.3, 0.4) is 0 Å². The number of rotatable bonds is 5. The van der Waals surface area contributed by atoms with E-state index < -0.39 is 11.2 Å². The molecular formula is C26H37NO4. The van der Waals surface area contributed by atoms with Gasteiger partial charge in [0.1, 0.15) is 11.7 Å². The van der Waals surface area contributed by atoms with E-state index in [1.165, 1.54) is 11.1 Å². The number of hydrogen-bond acceptors (Lipinski definition) is 5. The van der Waals surface area contributed by atoms with Crippen molar-refractivity contribution in [2.75, 3.05) is 27.8 Å². The van der Waals surface area contributed by atoms with Crippen LogP contribution in [0.4, 0.5) is 0 Å². The maximum Gasteiger partial charge on any atom is 0.165 e. The normalized spacial score (nSPS) is 43.9. The number of aliphatic hydroxyl groups is 1. The molecule has 3 saturated carbocycles. The van der Waals surface area contributed by atoms with Crippen molar-refractivity contribution in [2.45, 2.75) is 87.6 Å². The Morgan fingerprint density at radius 3 is 2.77 bits per heavy atom. The Labute approximate surface area is 186 Å². The monoisotopic (exact) mass is 427 g/mol. The molecule has 4 fully saturated rings. The van der Waals surface area contributed by atoms with E-state index in [2.05, 4.69) is 31.0 Å². The van der Waals surface area contributed by atoms with Gasteiger partial charge in [-0.05, 0) is 70.7 Å². The summed E-state index contributed by atoms with van der Waals surface area (Å²) in [7, 11) is 5.90. The fourth-order valence-electron chi connectivity index (χ4n) is 9.24. The van der Waals surface area contributed by atoms with Crippen LogP contribution in [0.1, 0.15) is 63.5 Å². The first kappa shape index (κ1) is 20.3. The van der Waals surface area contributed by atoms with Crippen LogP contribution >= 0.6 is 0 Å². The van der Waals surface area contributed by atoms with Gasteiger partial charge in [0.05, 0.1) is 12.7 Å². The van der Waals surface area contributed by atoms with Gasteiger partial charge >= 0.3 is 0 Å². The van der Waals surface area contributed by atoms with Gasteiger partial charge in [0.2, 0.25) is 0 Å². The summed E-state index contributed by atoms with van der Waals surface area (Å²) in [5, 5.41) is 11.8. The maximum atomic E-state index is 11.8. The Morgan fingerprint density at radius 1 is 1.26 bits per heavy atom. The van der Waals surface area contributed by atoms with Gasteiger partial charge in [0, 0.05) is 35.5 Å². The van der Waals surface area contributed by atoms with Crippen LogP contribution in [0.15, 0.2) is 12.1 Å². The van der Waals surface area contributed by atoms with E-state index >= 15 is 0 Å². The van der Waals surface area contributed by atoms with E-state index in [0.29, 0.717) is 6.04 Å². The standard InChI is InChI=1S/C26H37NO4/c1-6-9-23(2,28)18-15-24-10-11-26(18,30-5)22-25(24)12-13-27(3)19(24)14-16-7-8-17(29-4)21(31-22)20(16)25/h7-8,18-19,22,28H,6,9-15H2,1-5H3/t18-,19-,22-,23?,24-,25+,26+/m1/s1. The highest BCUT2D eigenvalue weighted by atomic mass is 16.6. The highest BCUT2D eigenvalue weighted by molar-refractivity contribution is 5.63. The summed E-state index contributed by atoms with van der Waals surface area (Å²) in [6, 6.07) is 4.84. The van der Waals surface area contributed by atoms with E-state index in [1.807, 2.05) is 14.0 Å². The predicted octanol–water partition coefficient (Wildman–Crippen LogP) is 3.69. The molecule has 170 valence electrons. The Balaban J connectivity index is 1.64. The largest absolute Gasteiger partial charge is 0.493 e. The molecule has 31 heavy (non-hydrogen) atoms. The van der Waals surface area contributed by atoms with E-state index in [9.17, 15) is 5.11 Å². The minimum atomic E-state index is -0.769. The van der Waals surface area contributed by atoms with Crippen molar-refractivity contribution in [3.05, 3.63) is 23.3 Å². The lowest BCUT2D eigenvalue weighted by atomic mass is 9.33. The lowest BCUT2D eigenvalue weighted by Crippen LogP contribution is -2.82. The SMILES string of the molecule is CCCC(C)(O)[C@H]1C[C@@]23CC[C@@]1(OC)[C@@H]1Oc4c(OC)ccc5c4[C@@]12CCN(C)[C@@H]3C5. The number of benzene rings is 1. The number of likely N-dealkylation sites (tertiary alicyclic amines) is 1. The third-order valence-electron chi connectivity index (χ3n) is 10.3. The number of methoxy groups -OCH3 is 2. The van der Waals surface area contributed by atoms with Gasteiger partial charge in [-0.2, -0.15) is 0 Å². The van der Waals surface area contributed by atoms with Crippen LogP contribution < -0.4 is 9.47 Å². The van der Waals surface area contributed by atoms with Gasteiger partial charge in [0.15, 0.2) is 11.5 Å². The van der Waals surface area contributed by atoms with Gasteiger partial charge in [-0.3, -0.25) is 0 Å². The molecule has 7 atom stereocenters. The molecular weight excluding hydrogens is 390 g/mol. The number of likely N-dealkylation sites (N-methyl/N-ethyl adjacent to an activating group) is 1. The number of ether oxygens (including phenoxy) is 3. The van der Waals surface area contributed by atoms with Crippen molar-refractivity contribution < 1.29 is 19.3 Å². The van der Waals surface area contributed by atoms with Crippen LogP contribution in [0.5, 0.6) is 11.5 Å². The van der Waals surface area contributed by atoms with Gasteiger partial charge in [-0.25, -0.2) is 0 Å². The maximum absolute atomic E-state index is 11.8. The topological polar surface area (TPSA) is 51.2 Å². The van der Waals surface area contributed by atoms with Gasteiger partial charge in [-0.15, -0.1) is 0 Å². The van der Waals surface area contributed by atoms with Crippen molar-refractivity contribution >= 4 is 0 Å². The van der Waals surface area contributed by atoms with E-state index in [0.717, 1.165) is 63.0 Å². The molecule has 1 saturated heterocycles. The molecule has 1 unspecified atom stereocenters. The Kier molecular flexibility index (Phi) is 4.05. The molecule has 2 spiro atoms. The summed E-state index contributed by atoms with van der Waals surface area (Å²) in [5.74, 6) is 1.86. The summed E-state index contributed by atoms with van der Waals surface area (Å²) in [4.78, 5) is 2.60. The van der Waals surface area contributed by atoms with Gasteiger partial charge < -0.3 is 24.2 Å². The van der Waals surface area contributed by atoms with Crippen molar-refractivity contribution in [2.24, 2.45) is 11.3 Å². The molecule has 5 nitrogen and oxygen atoms in total. The molecule has 4 aliphatic carbocycles. The van der Waals surface area contributed by atoms with E-state index in [1.54, 1.807) is 7.11 Å². The molecule has 1 N–H and O–H groups in total. The zero-order valence-corrected chi connectivity index (χ0v) is 19.7. The molecule has 0 aromatic heterocycles. The molecule has 0 radical (unpaired) electrons. The van der Waals surface area contributed by atoms with Crippen molar-refractivity contribution in [1.29, 1.82) is 0 Å². The van der Waals surface area contributed by atoms with Crippen molar-refractivity contribution in [3.63, 3.8) is 0 Å². The fraction of sp³-hybridized carbons (Fsp3) is 0.769. The van der Waals surface area contributed by atoms with Crippen molar-refractivity contribution in [3.8, 4) is 11.5 Å². The summed E-state index contributed by atoms with van der Waals surface area (Å²) >= 11 is 0. The summed E-state index contributed by atoms with van der Waals surface area (Å²) in [6.07, 6.45) is 6.95. The third-order valence-corrected chi connectivity index (χ3v) is 10.3. The van der Waals surface area contributed by atoms with Crippen LogP contribution in [0, 0.1) is 11.3 Å². The lowest BCUT2D eigenvalue weighted by Gasteiger charge is -2.74. The molecule has 7 rings (SSSR count). The number of nitrogens with zero attached hydrogens (tertiary/aromatic N) is 1. The smallest absolute Gasteiger partial charge is 0.165 e. The highest BCUT2D eigenvalue weighted by Crippen LogP contribution is 2.77. The summed E-state index contributed by atoms with van der Waals surface area (Å²) < 4.78 is 19.3. The fourth-order valence-corrected chi connectivity index (χ4v) is 9.24. The molecule has 4 bridgehead atoms. The van der Waals surface area contributed by atoms with E-state index in [4.69, 9.17) is 14.2 Å². The Bertz CT molecular complexity index is 930. The molecule has 0 amide bonds. The van der Waals surface area contributed by atoms with Gasteiger partial charge in [0.25, 0.3) is 0 Å². The molecule has 1 aromatic carbocycles. The second-order valence-corrected chi connectivity index (χ2v) is 11.2. The van der Waals surface area contributed by atoms with Crippen molar-refractivity contribution in [1.82, 2.24) is 4.90 Å². The average molecular weight is 428 g/mol. The number of hydrogen-bond donors (Lipinski definition) is 1. The number of piperidine rings is 1. The molecule has 2 heterocycles. The minimum absolute atomic E-state index is 0.0469. The molecule has 2 aliphatic heterocycles. The zero-order valence-electron chi connectivity index (χ0n) is 19.7. The first-order valence-electron chi connectivity index (χ1n) is 12.2. The second-order valence-electron chi connectivity index (χ2n) is 11.2. The van der Waals surface area contributed by atoms with Crippen LogP contribution in [-0.2, 0) is 16.6 Å². The first-order valence-corrected chi connectivity index (χ1v) is 12.2. The Morgan fingerprint density at radius 2 is 2.06 bits per heavy atom. The van der Waals surface area contributed by atoms with Crippen LogP contribution in [0.25, 0.3) is 0 Å². The van der Waals surface area contributed by atoms with Crippen LogP contribution in [-0.4, -0.2) is 61.2 Å². The Hall–Kier alpha value is -1.30. The summed E-state index contributed by atoms with van der Waals surface area (Å²) in [6.45, 7) is 5.29. The lowest BCUT2D eigenvalue weighted by molar-refractivity contribution is -0.301. The minimum Gasteiger partial charge on any atom is -0.493 e. The average Bonchev–Trinajstić information content (AvgIpc) is 3.13. The number of fused-ring (bicyclic) bond motifs is 2. The molecule has 6 aliphatic rings. The zero-order chi connectivity index (χ0) is 21.8. The quantitative estimate of drug-likeness (QED) is 0.777.